The van der Waals surface area contributed by atoms with Crippen LogP contribution in [-0.4, -0.2) is 79.8 Å². The van der Waals surface area contributed by atoms with Crippen molar-refractivity contribution in [3.8, 4) is 17.6 Å². The number of anilines is 1. The molecule has 18 heteroatoms. The van der Waals surface area contributed by atoms with Gasteiger partial charge in [0.1, 0.15) is 48.5 Å². The van der Waals surface area contributed by atoms with Crippen LogP contribution in [0, 0.1) is 21.4 Å². The maximum Gasteiger partial charge on any atom is 0.514 e. The van der Waals surface area contributed by atoms with E-state index < -0.39 is 49.0 Å². The van der Waals surface area contributed by atoms with E-state index in [0.29, 0.717) is 5.75 Å². The van der Waals surface area contributed by atoms with Crippen molar-refractivity contribution in [2.45, 2.75) is 97.2 Å². The van der Waals surface area contributed by atoms with Gasteiger partial charge in [-0.05, 0) is 69.0 Å². The van der Waals surface area contributed by atoms with E-state index in [9.17, 15) is 34.7 Å². The molecule has 0 aliphatic carbocycles. The molecule has 4 atom stereocenters. The molecule has 1 saturated heterocycles. The molecule has 1 fully saturated rings. The van der Waals surface area contributed by atoms with E-state index in [0.717, 1.165) is 10.1 Å². The molecule has 0 bridgehead atoms. The summed E-state index contributed by atoms with van der Waals surface area (Å²) in [5.41, 5.74) is 0.0972. The minimum atomic E-state index is -3.37. The maximum absolute atomic E-state index is 13.2. The zero-order valence-electron chi connectivity index (χ0n) is 31.9. The zero-order valence-corrected chi connectivity index (χ0v) is 32.8. The van der Waals surface area contributed by atoms with Crippen LogP contribution >= 0.6 is 7.87 Å². The highest BCUT2D eigenvalue weighted by atomic mass is 31.2. The van der Waals surface area contributed by atoms with Crippen LogP contribution < -0.4 is 20.5 Å². The van der Waals surface area contributed by atoms with Gasteiger partial charge < -0.3 is 24.3 Å². The van der Waals surface area contributed by atoms with Gasteiger partial charge in [-0.2, -0.15) is 14.8 Å². The van der Waals surface area contributed by atoms with Gasteiger partial charge in [-0.15, -0.1) is 4.67 Å². The van der Waals surface area contributed by atoms with Crippen LogP contribution in [0.2, 0.25) is 0 Å². The SMILES string of the molecule is CC(C)N(C(C)C)[P+](O)(CCC#N)OC[C@H]1O[C@@H](n2ccc(NC(=O)COc3ccc(C(C)(C)C)cc3)nc2=O)C[C@@H]1OC(=O)Oc1ccc([N+](=O)[O-])cc1. The van der Waals surface area contributed by atoms with Crippen LogP contribution in [-0.2, 0) is 24.2 Å². The summed E-state index contributed by atoms with van der Waals surface area (Å²) >= 11 is 0. The fourth-order valence-electron chi connectivity index (χ4n) is 6.06. The molecular weight excluding hydrogens is 735 g/mol. The van der Waals surface area contributed by atoms with Gasteiger partial charge in [-0.3, -0.25) is 19.5 Å². The highest BCUT2D eigenvalue weighted by Crippen LogP contribution is 2.61. The number of aromatic nitrogens is 2. The lowest BCUT2D eigenvalue weighted by molar-refractivity contribution is -0.384. The van der Waals surface area contributed by atoms with Crippen LogP contribution in [0.3, 0.4) is 0 Å². The summed E-state index contributed by atoms with van der Waals surface area (Å²) in [6.07, 6.45) is -2.88. The van der Waals surface area contributed by atoms with Gasteiger partial charge >= 0.3 is 19.7 Å². The predicted octanol–water partition coefficient (Wildman–Crippen LogP) is 6.14. The Balaban J connectivity index is 1.48. The molecule has 2 aromatic carbocycles. The lowest BCUT2D eigenvalue weighted by Crippen LogP contribution is -2.40. The topological polar surface area (TPSA) is 218 Å². The molecule has 1 unspecified atom stereocenters. The van der Waals surface area contributed by atoms with Crippen molar-refractivity contribution in [3.63, 3.8) is 0 Å². The Labute approximate surface area is 319 Å². The molecule has 2 heterocycles. The van der Waals surface area contributed by atoms with Crippen LogP contribution in [0.15, 0.2) is 65.6 Å². The molecule has 1 aliphatic heterocycles. The average Bonchev–Trinajstić information content (AvgIpc) is 3.50. The molecule has 55 heavy (non-hydrogen) atoms. The largest absolute Gasteiger partial charge is 0.514 e. The first-order valence-electron chi connectivity index (χ1n) is 17.7. The van der Waals surface area contributed by atoms with Gasteiger partial charge in [0.25, 0.3) is 11.6 Å². The minimum Gasteiger partial charge on any atom is -0.484 e. The normalized spacial score (nSPS) is 18.1. The fraction of sp³-hybridized carbons (Fsp3) is 0.486. The number of carbonyl (C=O) groups is 2. The zero-order chi connectivity index (χ0) is 40.5. The van der Waals surface area contributed by atoms with E-state index in [1.165, 1.54) is 36.5 Å². The molecule has 0 radical (unpaired) electrons. The standard InChI is InChI=1S/C37H47N6O11P/c1-24(2)42(25(3)4)55(49,20-8-18-38)51-22-31-30(54-36(46)52-29-15-11-27(12-16-29)43(47)48)21-34(53-31)41-19-17-32(40-35(41)45)39-33(44)23-50-28-13-9-26(10-14-28)37(5,6)7/h9-17,19,24-25,30-31,34,49H,8,20-23H2,1-7H3/p+1/t30-,31+,34+,55?/m0/s1. The van der Waals surface area contributed by atoms with Crippen LogP contribution in [0.25, 0.3) is 0 Å². The summed E-state index contributed by atoms with van der Waals surface area (Å²) in [5.74, 6) is -0.0706. The molecule has 17 nitrogen and oxygen atoms in total. The van der Waals surface area contributed by atoms with Crippen LogP contribution in [0.1, 0.15) is 73.1 Å². The Morgan fingerprint density at radius 1 is 1.11 bits per heavy atom. The summed E-state index contributed by atoms with van der Waals surface area (Å²) < 4.78 is 31.8. The monoisotopic (exact) mass is 783 g/mol. The molecule has 3 aromatic rings. The van der Waals surface area contributed by atoms with Crippen molar-refractivity contribution >= 4 is 31.4 Å². The van der Waals surface area contributed by atoms with Gasteiger partial charge in [0.15, 0.2) is 6.61 Å². The number of amides is 1. The molecule has 4 rings (SSSR count). The van der Waals surface area contributed by atoms with Gasteiger partial charge in [-0.25, -0.2) is 14.5 Å². The first kappa shape index (κ1) is 42.8. The second-order valence-corrected chi connectivity index (χ2v) is 16.9. The molecule has 0 saturated carbocycles. The highest BCUT2D eigenvalue weighted by Gasteiger charge is 2.51. The summed E-state index contributed by atoms with van der Waals surface area (Å²) in [6.45, 7) is 13.2. The smallest absolute Gasteiger partial charge is 0.484 e. The second kappa shape index (κ2) is 18.6. The number of carbonyl (C=O) groups excluding carboxylic acids is 2. The number of nitrogens with one attached hydrogen (secondary N) is 1. The van der Waals surface area contributed by atoms with Crippen molar-refractivity contribution in [1.29, 1.82) is 5.26 Å². The Morgan fingerprint density at radius 3 is 2.31 bits per heavy atom. The molecule has 1 aromatic heterocycles. The van der Waals surface area contributed by atoms with Gasteiger partial charge in [0.05, 0.1) is 17.4 Å². The van der Waals surface area contributed by atoms with Crippen molar-refractivity contribution < 1.29 is 42.9 Å². The molecule has 2 N–H and O–H groups in total. The fourth-order valence-corrected chi connectivity index (χ4v) is 8.77. The number of nitro groups is 1. The second-order valence-electron chi connectivity index (χ2n) is 14.4. The third-order valence-corrected chi connectivity index (χ3v) is 11.6. The molecular formula is C37H48N6O11P+. The summed E-state index contributed by atoms with van der Waals surface area (Å²) in [6, 6.07) is 15.4. The van der Waals surface area contributed by atoms with Crippen molar-refractivity contribution in [1.82, 2.24) is 14.2 Å². The number of nitro benzene ring substituents is 1. The van der Waals surface area contributed by atoms with E-state index >= 15 is 0 Å². The number of non-ortho nitro benzene ring substituents is 1. The highest BCUT2D eigenvalue weighted by molar-refractivity contribution is 7.63. The number of benzene rings is 2. The lowest BCUT2D eigenvalue weighted by Gasteiger charge is -2.35. The molecule has 296 valence electrons. The van der Waals surface area contributed by atoms with Crippen molar-refractivity contribution in [2.75, 3.05) is 24.7 Å². The van der Waals surface area contributed by atoms with E-state index in [2.05, 4.69) is 37.1 Å². The van der Waals surface area contributed by atoms with Crippen molar-refractivity contribution in [2.24, 2.45) is 0 Å². The van der Waals surface area contributed by atoms with E-state index in [4.69, 9.17) is 23.5 Å². The summed E-state index contributed by atoms with van der Waals surface area (Å²) in [4.78, 5) is 65.0. The quantitative estimate of drug-likeness (QED) is 0.0548. The molecule has 1 amide bonds. The van der Waals surface area contributed by atoms with Crippen LogP contribution in [0.5, 0.6) is 11.5 Å². The third-order valence-electron chi connectivity index (χ3n) is 8.55. The van der Waals surface area contributed by atoms with Gasteiger partial charge in [0.2, 0.25) is 0 Å². The lowest BCUT2D eigenvalue weighted by atomic mass is 9.87. The van der Waals surface area contributed by atoms with Crippen molar-refractivity contribution in [3.05, 3.63) is 87.0 Å². The summed E-state index contributed by atoms with van der Waals surface area (Å²) in [5, 5.41) is 22.9. The molecule has 0 spiro atoms. The van der Waals surface area contributed by atoms with Gasteiger partial charge in [0, 0.05) is 36.8 Å². The number of ether oxygens (including phenoxy) is 4. The number of rotatable bonds is 16. The first-order valence-corrected chi connectivity index (χ1v) is 19.5. The predicted molar refractivity (Wildman–Crippen MR) is 203 cm³/mol. The van der Waals surface area contributed by atoms with E-state index in [1.807, 2.05) is 44.5 Å². The van der Waals surface area contributed by atoms with Crippen LogP contribution in [0.4, 0.5) is 16.3 Å². The summed E-state index contributed by atoms with van der Waals surface area (Å²) in [7, 11) is -3.37. The maximum atomic E-state index is 13.2. The number of nitrogens with zero attached hydrogens (tertiary/aromatic N) is 5. The first-order chi connectivity index (χ1) is 25.9. The third kappa shape index (κ3) is 11.8. The van der Waals surface area contributed by atoms with Gasteiger partial charge in [-0.1, -0.05) is 32.9 Å². The minimum absolute atomic E-state index is 0.0120. The Bertz CT molecular complexity index is 1890. The van der Waals surface area contributed by atoms with E-state index in [-0.39, 0.29) is 67.0 Å². The number of hydrogen-bond donors (Lipinski definition) is 2. The number of nitriles is 1. The number of hydrogen-bond acceptors (Lipinski definition) is 14. The molecule has 1 aliphatic rings. The average molecular weight is 784 g/mol. The Hall–Kier alpha value is -4.98. The Kier molecular flexibility index (Phi) is 14.4. The van der Waals surface area contributed by atoms with E-state index in [1.54, 1.807) is 12.1 Å². The Morgan fingerprint density at radius 2 is 1.75 bits per heavy atom.